The van der Waals surface area contributed by atoms with E-state index in [1.165, 1.54) is 0 Å². The maximum Gasteiger partial charge on any atom is 0.148 e. The summed E-state index contributed by atoms with van der Waals surface area (Å²) in [6.45, 7) is 8.53. The predicted molar refractivity (Wildman–Crippen MR) is 97.3 cm³/mol. The highest BCUT2D eigenvalue weighted by Crippen LogP contribution is 2.60. The third-order valence-corrected chi connectivity index (χ3v) is 8.88. The molecule has 3 atom stereocenters. The number of hydrogen-bond acceptors (Lipinski definition) is 2. The molecule has 1 saturated heterocycles. The van der Waals surface area contributed by atoms with E-state index in [9.17, 15) is 4.57 Å². The van der Waals surface area contributed by atoms with E-state index in [-0.39, 0.29) is 17.4 Å². The van der Waals surface area contributed by atoms with Crippen molar-refractivity contribution in [3.8, 4) is 0 Å². The SMILES string of the molecule is CC(C)[C@H]1O[C@]1(C)[C@@H](C)P(=O)(c1ccccc1)c1ccccc1. The fourth-order valence-corrected chi connectivity index (χ4v) is 6.98. The van der Waals surface area contributed by atoms with Crippen molar-refractivity contribution in [1.82, 2.24) is 0 Å². The zero-order chi connectivity index (χ0) is 16.7. The molecule has 2 aromatic carbocycles. The smallest absolute Gasteiger partial charge is 0.148 e. The molecular formula is C20H25O2P. The largest absolute Gasteiger partial charge is 0.365 e. The molecule has 122 valence electrons. The lowest BCUT2D eigenvalue weighted by Crippen LogP contribution is -2.35. The van der Waals surface area contributed by atoms with Crippen LogP contribution in [-0.2, 0) is 9.30 Å². The van der Waals surface area contributed by atoms with Gasteiger partial charge in [0.2, 0.25) is 0 Å². The van der Waals surface area contributed by atoms with Crippen molar-refractivity contribution < 1.29 is 9.30 Å². The standard InChI is InChI=1S/C20H25O2P/c1-15(2)19-20(4,22-19)16(3)23(21,17-11-7-5-8-12-17)18-13-9-6-10-14-18/h5-16,19H,1-4H3/t16-,19-,20-/m1/s1. The number of hydrogen-bond donors (Lipinski definition) is 0. The highest BCUT2D eigenvalue weighted by Gasteiger charge is 2.62. The second-order valence-electron chi connectivity index (χ2n) is 6.97. The Labute approximate surface area is 139 Å². The fraction of sp³-hybridized carbons (Fsp3) is 0.400. The normalized spacial score (nSPS) is 25.3. The molecule has 1 aliphatic heterocycles. The Morgan fingerprint density at radius 1 is 0.913 bits per heavy atom. The second-order valence-corrected chi connectivity index (χ2v) is 10.1. The molecule has 1 aliphatic rings. The Morgan fingerprint density at radius 2 is 1.35 bits per heavy atom. The van der Waals surface area contributed by atoms with E-state index in [1.54, 1.807) is 0 Å². The number of ether oxygens (including phenoxy) is 1. The van der Waals surface area contributed by atoms with E-state index in [2.05, 4.69) is 27.7 Å². The summed E-state index contributed by atoms with van der Waals surface area (Å²) in [5.41, 5.74) is -0.387. The van der Waals surface area contributed by atoms with Crippen LogP contribution >= 0.6 is 7.14 Å². The van der Waals surface area contributed by atoms with Gasteiger partial charge in [0.25, 0.3) is 0 Å². The maximum atomic E-state index is 14.3. The van der Waals surface area contributed by atoms with Gasteiger partial charge in [0.15, 0.2) is 0 Å². The van der Waals surface area contributed by atoms with Gasteiger partial charge in [-0.2, -0.15) is 0 Å². The Balaban J connectivity index is 2.09. The first-order valence-electron chi connectivity index (χ1n) is 8.29. The van der Waals surface area contributed by atoms with Crippen LogP contribution in [0.5, 0.6) is 0 Å². The van der Waals surface area contributed by atoms with Crippen LogP contribution in [0.3, 0.4) is 0 Å². The highest BCUT2D eigenvalue weighted by atomic mass is 31.2. The molecule has 0 spiro atoms. The predicted octanol–water partition coefficient (Wildman–Crippen LogP) is 4.20. The van der Waals surface area contributed by atoms with Crippen molar-refractivity contribution in [2.24, 2.45) is 5.92 Å². The quantitative estimate of drug-likeness (QED) is 0.608. The summed E-state index contributed by atoms with van der Waals surface area (Å²) in [4.78, 5) is 0. The molecule has 3 rings (SSSR count). The van der Waals surface area contributed by atoms with E-state index >= 15 is 0 Å². The Kier molecular flexibility index (Phi) is 4.25. The van der Waals surface area contributed by atoms with Gasteiger partial charge in [-0.15, -0.1) is 0 Å². The minimum Gasteiger partial charge on any atom is -0.365 e. The van der Waals surface area contributed by atoms with E-state index in [1.807, 2.05) is 60.7 Å². The minimum atomic E-state index is -2.78. The lowest BCUT2D eigenvalue weighted by Gasteiger charge is -2.29. The molecule has 0 aliphatic carbocycles. The molecule has 0 unspecified atom stereocenters. The van der Waals surface area contributed by atoms with E-state index in [4.69, 9.17) is 4.74 Å². The van der Waals surface area contributed by atoms with Crippen molar-refractivity contribution in [3.63, 3.8) is 0 Å². The van der Waals surface area contributed by atoms with Crippen molar-refractivity contribution in [1.29, 1.82) is 0 Å². The Morgan fingerprint density at radius 3 is 1.70 bits per heavy atom. The van der Waals surface area contributed by atoms with Crippen LogP contribution in [0.1, 0.15) is 27.7 Å². The van der Waals surface area contributed by atoms with Gasteiger partial charge in [0, 0.05) is 16.3 Å². The lowest BCUT2D eigenvalue weighted by molar-refractivity contribution is 0.290. The first kappa shape index (κ1) is 16.5. The molecule has 0 aromatic heterocycles. The van der Waals surface area contributed by atoms with Gasteiger partial charge >= 0.3 is 0 Å². The topological polar surface area (TPSA) is 29.6 Å². The monoisotopic (exact) mass is 328 g/mol. The second kappa shape index (κ2) is 5.92. The van der Waals surface area contributed by atoms with Crippen LogP contribution in [0.4, 0.5) is 0 Å². The van der Waals surface area contributed by atoms with Gasteiger partial charge in [-0.1, -0.05) is 81.4 Å². The average molecular weight is 328 g/mol. The van der Waals surface area contributed by atoms with Gasteiger partial charge in [0.1, 0.15) is 12.7 Å². The zero-order valence-corrected chi connectivity index (χ0v) is 15.2. The van der Waals surface area contributed by atoms with Gasteiger partial charge in [0.05, 0.1) is 6.10 Å². The van der Waals surface area contributed by atoms with Crippen LogP contribution in [0.2, 0.25) is 0 Å². The lowest BCUT2D eigenvalue weighted by atomic mass is 9.96. The van der Waals surface area contributed by atoms with Gasteiger partial charge in [-0.25, -0.2) is 0 Å². The molecule has 1 fully saturated rings. The van der Waals surface area contributed by atoms with Crippen LogP contribution in [0, 0.1) is 5.92 Å². The summed E-state index contributed by atoms with van der Waals surface area (Å²) in [6, 6.07) is 19.7. The molecule has 0 radical (unpaired) electrons. The highest BCUT2D eigenvalue weighted by molar-refractivity contribution is 7.79. The fourth-order valence-electron chi connectivity index (χ4n) is 3.63. The molecule has 23 heavy (non-hydrogen) atoms. The molecule has 1 heterocycles. The summed E-state index contributed by atoms with van der Waals surface area (Å²) < 4.78 is 20.3. The molecule has 0 N–H and O–H groups in total. The zero-order valence-electron chi connectivity index (χ0n) is 14.3. The van der Waals surface area contributed by atoms with Gasteiger partial charge in [-0.3, -0.25) is 0 Å². The average Bonchev–Trinajstić information content (AvgIpc) is 3.29. The summed E-state index contributed by atoms with van der Waals surface area (Å²) in [5, 5.41) is 1.83. The minimum absolute atomic E-state index is 0.0628. The van der Waals surface area contributed by atoms with Gasteiger partial charge in [-0.05, 0) is 12.8 Å². The van der Waals surface area contributed by atoms with E-state index in [0.29, 0.717) is 5.92 Å². The maximum absolute atomic E-state index is 14.3. The molecule has 3 heteroatoms. The molecule has 2 nitrogen and oxygen atoms in total. The van der Waals surface area contributed by atoms with Gasteiger partial charge < -0.3 is 9.30 Å². The molecule has 2 aromatic rings. The van der Waals surface area contributed by atoms with Crippen molar-refractivity contribution >= 4 is 17.8 Å². The molecular weight excluding hydrogens is 303 g/mol. The van der Waals surface area contributed by atoms with E-state index < -0.39 is 7.14 Å². The van der Waals surface area contributed by atoms with E-state index in [0.717, 1.165) is 10.6 Å². The number of epoxide rings is 1. The van der Waals surface area contributed by atoms with Crippen molar-refractivity contribution in [2.75, 3.05) is 0 Å². The number of rotatable bonds is 5. The summed E-state index contributed by atoms with van der Waals surface area (Å²) in [7, 11) is -2.78. The number of benzene rings is 2. The van der Waals surface area contributed by atoms with Crippen LogP contribution in [-0.4, -0.2) is 17.4 Å². The summed E-state index contributed by atoms with van der Waals surface area (Å²) in [5.74, 6) is 0.433. The third-order valence-electron chi connectivity index (χ3n) is 5.15. The van der Waals surface area contributed by atoms with Crippen molar-refractivity contribution in [3.05, 3.63) is 60.7 Å². The molecule has 0 saturated carbocycles. The summed E-state index contributed by atoms with van der Waals surface area (Å²) >= 11 is 0. The summed E-state index contributed by atoms with van der Waals surface area (Å²) in [6.07, 6.45) is 0.179. The molecule has 0 bridgehead atoms. The first-order chi connectivity index (χ1) is 10.9. The Bertz CT molecular complexity index is 667. The third kappa shape index (κ3) is 2.69. The van der Waals surface area contributed by atoms with Crippen LogP contribution in [0.25, 0.3) is 0 Å². The van der Waals surface area contributed by atoms with Crippen LogP contribution in [0.15, 0.2) is 60.7 Å². The first-order valence-corrected chi connectivity index (χ1v) is 10.1. The van der Waals surface area contributed by atoms with Crippen molar-refractivity contribution in [2.45, 2.75) is 45.1 Å². The van der Waals surface area contributed by atoms with Crippen LogP contribution < -0.4 is 10.6 Å². The molecule has 0 amide bonds. The Hall–Kier alpha value is -1.37.